The number of fused-ring (bicyclic) bond motifs is 1. The van der Waals surface area contributed by atoms with Gasteiger partial charge in [-0.15, -0.1) is 0 Å². The van der Waals surface area contributed by atoms with Crippen molar-refractivity contribution < 1.29 is 9.18 Å². The molecule has 4 nitrogen and oxygen atoms in total. The van der Waals surface area contributed by atoms with Gasteiger partial charge in [-0.25, -0.2) is 9.37 Å². The molecule has 2 aromatic heterocycles. The van der Waals surface area contributed by atoms with Crippen LogP contribution >= 0.6 is 11.6 Å². The summed E-state index contributed by atoms with van der Waals surface area (Å²) in [5.41, 5.74) is 1.08. The molecule has 6 heteroatoms. The molecule has 21 heavy (non-hydrogen) atoms. The Kier molecular flexibility index (Phi) is 3.35. The Balaban J connectivity index is 1.94. The highest BCUT2D eigenvalue weighted by molar-refractivity contribution is 6.30. The number of halogens is 2. The van der Waals surface area contributed by atoms with E-state index in [1.807, 2.05) is 0 Å². The number of rotatable bonds is 2. The fraction of sp³-hybridized carbons (Fsp3) is 0.0667. The maximum Gasteiger partial charge on any atom is 0.273 e. The zero-order valence-electron chi connectivity index (χ0n) is 11.1. The summed E-state index contributed by atoms with van der Waals surface area (Å²) in [5.74, 6) is -0.250. The summed E-state index contributed by atoms with van der Waals surface area (Å²) in [6, 6.07) is 9.36. The van der Waals surface area contributed by atoms with Crippen LogP contribution in [0.2, 0.25) is 5.02 Å². The Morgan fingerprint density at radius 3 is 2.81 bits per heavy atom. The molecule has 106 valence electrons. The molecule has 1 amide bonds. The van der Waals surface area contributed by atoms with E-state index in [1.54, 1.807) is 35.9 Å². The van der Waals surface area contributed by atoms with Gasteiger partial charge in [-0.05, 0) is 36.4 Å². The standard InChI is InChI=1S/C15H11ClFN3O/c1-20-12-7-11(17)4-2-9(12)6-13(20)15(21)19-14-5-3-10(16)8-18-14/h2-8H,1H3,(H,18,19,21). The van der Waals surface area contributed by atoms with Gasteiger partial charge in [0.15, 0.2) is 0 Å². The summed E-state index contributed by atoms with van der Waals surface area (Å²) in [7, 11) is 1.71. The molecule has 0 fully saturated rings. The van der Waals surface area contributed by atoms with Crippen LogP contribution in [0.1, 0.15) is 10.5 Å². The SMILES string of the molecule is Cn1c(C(=O)Nc2ccc(Cl)cn2)cc2ccc(F)cc21. The third-order valence-corrected chi connectivity index (χ3v) is 3.43. The molecule has 0 saturated carbocycles. The zero-order chi connectivity index (χ0) is 15.0. The number of benzene rings is 1. The van der Waals surface area contributed by atoms with Gasteiger partial charge in [0, 0.05) is 18.6 Å². The lowest BCUT2D eigenvalue weighted by Crippen LogP contribution is -2.16. The van der Waals surface area contributed by atoms with Crippen LogP contribution in [0.25, 0.3) is 10.9 Å². The Morgan fingerprint density at radius 2 is 2.10 bits per heavy atom. The number of pyridine rings is 1. The first kappa shape index (κ1) is 13.6. The van der Waals surface area contributed by atoms with E-state index < -0.39 is 0 Å². The number of aryl methyl sites for hydroxylation is 1. The van der Waals surface area contributed by atoms with Gasteiger partial charge in [-0.2, -0.15) is 0 Å². The quantitative estimate of drug-likeness (QED) is 0.786. The van der Waals surface area contributed by atoms with E-state index in [4.69, 9.17) is 11.6 Å². The molecule has 0 aliphatic rings. The Labute approximate surface area is 125 Å². The Morgan fingerprint density at radius 1 is 1.29 bits per heavy atom. The van der Waals surface area contributed by atoms with Crippen LogP contribution in [0.4, 0.5) is 10.2 Å². The first-order chi connectivity index (χ1) is 10.0. The van der Waals surface area contributed by atoms with Crippen LogP contribution in [0, 0.1) is 5.82 Å². The highest BCUT2D eigenvalue weighted by Crippen LogP contribution is 2.20. The molecule has 0 saturated heterocycles. The number of aromatic nitrogens is 2. The maximum atomic E-state index is 13.3. The molecule has 3 rings (SSSR count). The first-order valence-electron chi connectivity index (χ1n) is 6.22. The number of nitrogens with one attached hydrogen (secondary N) is 1. The molecule has 2 heterocycles. The van der Waals surface area contributed by atoms with Crippen LogP contribution in [-0.4, -0.2) is 15.5 Å². The van der Waals surface area contributed by atoms with E-state index in [0.717, 1.165) is 5.39 Å². The summed E-state index contributed by atoms with van der Waals surface area (Å²) >= 11 is 5.74. The van der Waals surface area contributed by atoms with E-state index in [2.05, 4.69) is 10.3 Å². The fourth-order valence-corrected chi connectivity index (χ4v) is 2.26. The molecule has 1 N–H and O–H groups in total. The molecular weight excluding hydrogens is 293 g/mol. The van der Waals surface area contributed by atoms with Crippen LogP contribution in [0.3, 0.4) is 0 Å². The fourth-order valence-electron chi connectivity index (χ4n) is 2.15. The summed E-state index contributed by atoms with van der Waals surface area (Å²) in [6.45, 7) is 0. The zero-order valence-corrected chi connectivity index (χ0v) is 11.9. The molecule has 0 bridgehead atoms. The van der Waals surface area contributed by atoms with Gasteiger partial charge in [0.25, 0.3) is 5.91 Å². The molecule has 0 radical (unpaired) electrons. The van der Waals surface area contributed by atoms with E-state index in [-0.39, 0.29) is 11.7 Å². The minimum Gasteiger partial charge on any atom is -0.340 e. The van der Waals surface area contributed by atoms with Gasteiger partial charge in [-0.1, -0.05) is 11.6 Å². The Bertz CT molecular complexity index is 827. The van der Waals surface area contributed by atoms with E-state index in [9.17, 15) is 9.18 Å². The summed E-state index contributed by atoms with van der Waals surface area (Å²) < 4.78 is 14.9. The lowest BCUT2D eigenvalue weighted by molar-refractivity contribution is 0.101. The topological polar surface area (TPSA) is 46.9 Å². The van der Waals surface area contributed by atoms with Crippen molar-refractivity contribution >= 4 is 34.2 Å². The van der Waals surface area contributed by atoms with E-state index in [0.29, 0.717) is 22.1 Å². The smallest absolute Gasteiger partial charge is 0.273 e. The minimum absolute atomic E-state index is 0.316. The van der Waals surface area contributed by atoms with Crippen LogP contribution in [-0.2, 0) is 7.05 Å². The second-order valence-electron chi connectivity index (χ2n) is 4.61. The van der Waals surface area contributed by atoms with Crippen LogP contribution in [0.15, 0.2) is 42.6 Å². The lowest BCUT2D eigenvalue weighted by atomic mass is 10.2. The molecule has 0 aliphatic carbocycles. The molecule has 1 aromatic carbocycles. The summed E-state index contributed by atoms with van der Waals surface area (Å²) in [4.78, 5) is 16.3. The molecular formula is C15H11ClFN3O. The van der Waals surface area contributed by atoms with Crippen molar-refractivity contribution in [2.45, 2.75) is 0 Å². The molecule has 0 spiro atoms. The van der Waals surface area contributed by atoms with Crippen LogP contribution < -0.4 is 5.32 Å². The average molecular weight is 304 g/mol. The number of hydrogen-bond acceptors (Lipinski definition) is 2. The number of carbonyl (C=O) groups is 1. The van der Waals surface area contributed by atoms with Crippen molar-refractivity contribution in [3.8, 4) is 0 Å². The average Bonchev–Trinajstić information content (AvgIpc) is 2.79. The highest BCUT2D eigenvalue weighted by Gasteiger charge is 2.14. The maximum absolute atomic E-state index is 13.3. The van der Waals surface area contributed by atoms with Crippen molar-refractivity contribution in [3.05, 3.63) is 59.1 Å². The number of carbonyl (C=O) groups excluding carboxylic acids is 1. The molecule has 0 aliphatic heterocycles. The second kappa shape index (κ2) is 5.18. The molecule has 3 aromatic rings. The first-order valence-corrected chi connectivity index (χ1v) is 6.60. The number of hydrogen-bond donors (Lipinski definition) is 1. The molecule has 0 atom stereocenters. The van der Waals surface area contributed by atoms with E-state index in [1.165, 1.54) is 18.3 Å². The second-order valence-corrected chi connectivity index (χ2v) is 5.04. The Hall–Kier alpha value is -2.40. The number of anilines is 1. The lowest BCUT2D eigenvalue weighted by Gasteiger charge is -2.05. The summed E-state index contributed by atoms with van der Waals surface area (Å²) in [6.07, 6.45) is 1.45. The van der Waals surface area contributed by atoms with Gasteiger partial charge in [-0.3, -0.25) is 4.79 Å². The van der Waals surface area contributed by atoms with Gasteiger partial charge >= 0.3 is 0 Å². The minimum atomic E-state index is -0.338. The van der Waals surface area contributed by atoms with Crippen molar-refractivity contribution in [3.63, 3.8) is 0 Å². The van der Waals surface area contributed by atoms with Gasteiger partial charge in [0.1, 0.15) is 17.3 Å². The number of nitrogens with zero attached hydrogens (tertiary/aromatic N) is 2. The predicted octanol–water partition coefficient (Wildman–Crippen LogP) is 3.62. The van der Waals surface area contributed by atoms with Gasteiger partial charge in [0.2, 0.25) is 0 Å². The third kappa shape index (κ3) is 2.60. The molecule has 0 unspecified atom stereocenters. The van der Waals surface area contributed by atoms with Crippen LogP contribution in [0.5, 0.6) is 0 Å². The van der Waals surface area contributed by atoms with E-state index >= 15 is 0 Å². The van der Waals surface area contributed by atoms with Crippen molar-refractivity contribution in [1.82, 2.24) is 9.55 Å². The highest BCUT2D eigenvalue weighted by atomic mass is 35.5. The number of amides is 1. The summed E-state index contributed by atoms with van der Waals surface area (Å²) in [5, 5.41) is 3.97. The van der Waals surface area contributed by atoms with Crippen molar-refractivity contribution in [1.29, 1.82) is 0 Å². The normalized spacial score (nSPS) is 10.8. The van der Waals surface area contributed by atoms with Crippen molar-refractivity contribution in [2.75, 3.05) is 5.32 Å². The third-order valence-electron chi connectivity index (χ3n) is 3.21. The monoisotopic (exact) mass is 303 g/mol. The largest absolute Gasteiger partial charge is 0.340 e. The predicted molar refractivity (Wildman–Crippen MR) is 80.1 cm³/mol. The van der Waals surface area contributed by atoms with Gasteiger partial charge < -0.3 is 9.88 Å². The van der Waals surface area contributed by atoms with Crippen molar-refractivity contribution in [2.24, 2.45) is 7.05 Å². The van der Waals surface area contributed by atoms with Gasteiger partial charge in [0.05, 0.1) is 10.5 Å².